The van der Waals surface area contributed by atoms with Gasteiger partial charge in [0, 0.05) is 12.4 Å². The van der Waals surface area contributed by atoms with Gasteiger partial charge in [-0.05, 0) is 13.0 Å². The number of nitrogens with zero attached hydrogens (tertiary/aromatic N) is 4. The van der Waals surface area contributed by atoms with E-state index in [1.54, 1.807) is 13.0 Å². The first kappa shape index (κ1) is 10.5. The minimum atomic E-state index is -0.681. The van der Waals surface area contributed by atoms with Gasteiger partial charge in [0.25, 0.3) is 0 Å². The Morgan fingerprint density at radius 2 is 2.19 bits per heavy atom. The van der Waals surface area contributed by atoms with Crippen LogP contribution in [-0.2, 0) is 6.54 Å². The molecule has 2 rings (SSSR count). The molecule has 7 nitrogen and oxygen atoms in total. The molecule has 0 bridgehead atoms. The zero-order chi connectivity index (χ0) is 11.5. The van der Waals surface area contributed by atoms with Crippen LogP contribution in [0.25, 0.3) is 11.6 Å². The number of aliphatic hydroxyl groups excluding tert-OH is 1. The smallest absolute Gasteiger partial charge is 0.392 e. The predicted octanol–water partition coefficient (Wildman–Crippen LogP) is -0.326. The number of aromatic nitrogens is 4. The molecule has 2 aromatic rings. The molecule has 0 aliphatic carbocycles. The monoisotopic (exact) mass is 222 g/mol. The van der Waals surface area contributed by atoms with E-state index >= 15 is 0 Å². The molecule has 0 amide bonds. The molecular weight excluding hydrogens is 212 g/mol. The summed E-state index contributed by atoms with van der Waals surface area (Å²) in [4.78, 5) is 19.2. The second kappa shape index (κ2) is 4.23. The van der Waals surface area contributed by atoms with E-state index in [0.717, 1.165) is 0 Å². The van der Waals surface area contributed by atoms with Crippen LogP contribution in [0.4, 0.5) is 0 Å². The van der Waals surface area contributed by atoms with Crippen LogP contribution in [0.15, 0.2) is 27.8 Å². The van der Waals surface area contributed by atoms with E-state index in [1.165, 1.54) is 17.0 Å². The molecule has 0 aliphatic heterocycles. The summed E-state index contributed by atoms with van der Waals surface area (Å²) in [6.45, 7) is 1.66. The highest BCUT2D eigenvalue weighted by atomic mass is 16.5. The summed E-state index contributed by atoms with van der Waals surface area (Å²) in [6, 6.07) is 1.65. The molecular formula is C9H10N4O3. The van der Waals surface area contributed by atoms with Gasteiger partial charge in [-0.25, -0.2) is 14.8 Å². The fraction of sp³-hybridized carbons (Fsp3) is 0.333. The molecule has 0 radical (unpaired) electrons. The third-order valence-electron chi connectivity index (χ3n) is 1.90. The van der Waals surface area contributed by atoms with E-state index < -0.39 is 11.9 Å². The minimum absolute atomic E-state index is 0.0932. The van der Waals surface area contributed by atoms with Gasteiger partial charge in [0.1, 0.15) is 0 Å². The summed E-state index contributed by atoms with van der Waals surface area (Å²) in [5.41, 5.74) is 0. The van der Waals surface area contributed by atoms with Crippen molar-refractivity contribution < 1.29 is 9.63 Å². The maximum atomic E-state index is 11.3. The molecule has 1 N–H and O–H groups in total. The molecule has 84 valence electrons. The number of hydrogen-bond donors (Lipinski definition) is 1. The van der Waals surface area contributed by atoms with Gasteiger partial charge in [-0.3, -0.25) is 9.09 Å². The Morgan fingerprint density at radius 3 is 2.81 bits per heavy atom. The molecule has 2 aromatic heterocycles. The summed E-state index contributed by atoms with van der Waals surface area (Å²) in [5, 5.41) is 12.8. The maximum Gasteiger partial charge on any atom is 0.442 e. The van der Waals surface area contributed by atoms with E-state index in [0.29, 0.717) is 0 Å². The lowest BCUT2D eigenvalue weighted by Gasteiger charge is -2.04. The topological polar surface area (TPSA) is 94.0 Å². The zero-order valence-electron chi connectivity index (χ0n) is 8.57. The Kier molecular flexibility index (Phi) is 2.78. The zero-order valence-corrected chi connectivity index (χ0v) is 8.57. The van der Waals surface area contributed by atoms with E-state index in [2.05, 4.69) is 19.6 Å². The average Bonchev–Trinajstić information content (AvgIpc) is 2.61. The first-order valence-electron chi connectivity index (χ1n) is 4.70. The first-order valence-corrected chi connectivity index (χ1v) is 4.70. The lowest BCUT2D eigenvalue weighted by atomic mass is 10.4. The molecule has 1 atom stereocenters. The molecule has 0 saturated heterocycles. The molecule has 2 heterocycles. The fourth-order valence-corrected chi connectivity index (χ4v) is 1.27. The van der Waals surface area contributed by atoms with Gasteiger partial charge in [-0.15, -0.1) is 0 Å². The summed E-state index contributed by atoms with van der Waals surface area (Å²) < 4.78 is 5.71. The number of rotatable bonds is 3. The van der Waals surface area contributed by atoms with E-state index in [-0.39, 0.29) is 18.2 Å². The van der Waals surface area contributed by atoms with Gasteiger partial charge in [-0.2, -0.15) is 0 Å². The number of aliphatic hydroxyl groups is 1. The van der Waals surface area contributed by atoms with Gasteiger partial charge in [-0.1, -0.05) is 5.16 Å². The summed E-state index contributed by atoms with van der Waals surface area (Å²) in [5.74, 6) is -0.135. The van der Waals surface area contributed by atoms with Crippen LogP contribution in [-0.4, -0.2) is 30.9 Å². The third kappa shape index (κ3) is 1.98. The Labute approximate surface area is 90.4 Å². The predicted molar refractivity (Wildman–Crippen MR) is 53.5 cm³/mol. The van der Waals surface area contributed by atoms with Crippen LogP contribution in [0, 0.1) is 0 Å². The Hall–Kier alpha value is -2.02. The highest BCUT2D eigenvalue weighted by Gasteiger charge is 2.15. The van der Waals surface area contributed by atoms with Gasteiger partial charge < -0.3 is 5.11 Å². The third-order valence-corrected chi connectivity index (χ3v) is 1.90. The van der Waals surface area contributed by atoms with Crippen LogP contribution in [0.5, 0.6) is 0 Å². The largest absolute Gasteiger partial charge is 0.442 e. The van der Waals surface area contributed by atoms with Crippen LogP contribution in [0.1, 0.15) is 6.92 Å². The Morgan fingerprint density at radius 1 is 1.50 bits per heavy atom. The Balaban J connectivity index is 2.46. The lowest BCUT2D eigenvalue weighted by Crippen LogP contribution is -2.22. The van der Waals surface area contributed by atoms with Crippen molar-refractivity contribution in [3.63, 3.8) is 0 Å². The summed E-state index contributed by atoms with van der Waals surface area (Å²) in [6.07, 6.45) is 2.39. The van der Waals surface area contributed by atoms with Crippen molar-refractivity contribution in [2.24, 2.45) is 0 Å². The van der Waals surface area contributed by atoms with Crippen molar-refractivity contribution in [1.82, 2.24) is 19.7 Å². The van der Waals surface area contributed by atoms with E-state index in [4.69, 9.17) is 0 Å². The molecule has 0 saturated carbocycles. The van der Waals surface area contributed by atoms with Crippen molar-refractivity contribution in [2.45, 2.75) is 19.6 Å². The highest BCUT2D eigenvalue weighted by molar-refractivity contribution is 5.41. The molecule has 0 spiro atoms. The normalized spacial score (nSPS) is 12.6. The second-order valence-electron chi connectivity index (χ2n) is 3.30. The van der Waals surface area contributed by atoms with Gasteiger partial charge >= 0.3 is 5.76 Å². The van der Waals surface area contributed by atoms with Crippen molar-refractivity contribution in [3.8, 4) is 11.6 Å². The van der Waals surface area contributed by atoms with Crippen LogP contribution >= 0.6 is 0 Å². The van der Waals surface area contributed by atoms with Crippen molar-refractivity contribution in [1.29, 1.82) is 0 Å². The molecule has 0 fully saturated rings. The fourth-order valence-electron chi connectivity index (χ4n) is 1.27. The Bertz CT molecular complexity index is 517. The quantitative estimate of drug-likeness (QED) is 0.764. The van der Waals surface area contributed by atoms with Gasteiger partial charge in [0.15, 0.2) is 5.82 Å². The molecule has 0 aromatic carbocycles. The van der Waals surface area contributed by atoms with Crippen LogP contribution in [0.3, 0.4) is 0 Å². The van der Waals surface area contributed by atoms with Crippen LogP contribution < -0.4 is 5.76 Å². The highest BCUT2D eigenvalue weighted by Crippen LogP contribution is 2.08. The average molecular weight is 222 g/mol. The lowest BCUT2D eigenvalue weighted by molar-refractivity contribution is 0.170. The SMILES string of the molecule is CC(O)Cn1c(-c2ncccn2)noc1=O. The van der Waals surface area contributed by atoms with E-state index in [9.17, 15) is 9.90 Å². The second-order valence-corrected chi connectivity index (χ2v) is 3.30. The van der Waals surface area contributed by atoms with Crippen molar-refractivity contribution in [3.05, 3.63) is 29.0 Å². The van der Waals surface area contributed by atoms with Gasteiger partial charge in [0.2, 0.25) is 5.82 Å². The van der Waals surface area contributed by atoms with Gasteiger partial charge in [0.05, 0.1) is 12.6 Å². The summed E-state index contributed by atoms with van der Waals surface area (Å²) in [7, 11) is 0. The number of hydrogen-bond acceptors (Lipinski definition) is 6. The van der Waals surface area contributed by atoms with Crippen molar-refractivity contribution >= 4 is 0 Å². The minimum Gasteiger partial charge on any atom is -0.392 e. The standard InChI is InChI=1S/C9H10N4O3/c1-6(14)5-13-8(12-16-9(13)15)7-10-3-2-4-11-7/h2-4,6,14H,5H2,1H3. The first-order chi connectivity index (χ1) is 7.68. The molecule has 1 unspecified atom stereocenters. The van der Waals surface area contributed by atoms with Crippen molar-refractivity contribution in [2.75, 3.05) is 0 Å². The molecule has 7 heteroatoms. The molecule has 16 heavy (non-hydrogen) atoms. The van der Waals surface area contributed by atoms with E-state index in [1.807, 2.05) is 0 Å². The molecule has 0 aliphatic rings. The summed E-state index contributed by atoms with van der Waals surface area (Å²) >= 11 is 0. The van der Waals surface area contributed by atoms with Crippen LogP contribution in [0.2, 0.25) is 0 Å². The maximum absolute atomic E-state index is 11.3.